The minimum atomic E-state index is -1.06. The van der Waals surface area contributed by atoms with Gasteiger partial charge in [-0.3, -0.25) is 4.79 Å². The smallest absolute Gasteiger partial charge is 0.431 e. The Morgan fingerprint density at radius 3 is 2.57 bits per heavy atom. The first kappa shape index (κ1) is 4.61. The van der Waals surface area contributed by atoms with Gasteiger partial charge in [0.05, 0.1) is 0 Å². The molecule has 7 heavy (non-hydrogen) atoms. The van der Waals surface area contributed by atoms with E-state index in [-0.39, 0.29) is 0 Å². The van der Waals surface area contributed by atoms with Crippen molar-refractivity contribution in [1.29, 1.82) is 0 Å². The van der Waals surface area contributed by atoms with Crippen LogP contribution in [0.5, 0.6) is 0 Å². The molecule has 1 heterocycles. The van der Waals surface area contributed by atoms with Crippen LogP contribution in [0.2, 0.25) is 0 Å². The van der Waals surface area contributed by atoms with Crippen molar-refractivity contribution >= 4 is 12.7 Å². The van der Waals surface area contributed by atoms with E-state index in [1.54, 1.807) is 0 Å². The Morgan fingerprint density at radius 1 is 2.00 bits per heavy atom. The molecule has 0 spiro atoms. The SMILES string of the molecule is NB1C(=O)OC1O. The van der Waals surface area contributed by atoms with Gasteiger partial charge in [0.25, 0.3) is 5.87 Å². The standard InChI is InChI=1S/C2H4BNO3/c4-3-1(5)7-2(3)6/h1,5H,4H2. The van der Waals surface area contributed by atoms with Crippen LogP contribution in [0.25, 0.3) is 0 Å². The maximum atomic E-state index is 9.93. The summed E-state index contributed by atoms with van der Waals surface area (Å²) in [5, 5.41) is 8.32. The zero-order valence-corrected chi connectivity index (χ0v) is 3.50. The van der Waals surface area contributed by atoms with E-state index < -0.39 is 18.9 Å². The zero-order chi connectivity index (χ0) is 5.44. The molecule has 0 saturated carbocycles. The van der Waals surface area contributed by atoms with Crippen LogP contribution in [-0.2, 0) is 4.74 Å². The molecule has 0 amide bonds. The van der Waals surface area contributed by atoms with Crippen LogP contribution in [-0.4, -0.2) is 24.0 Å². The molecule has 1 aliphatic heterocycles. The molecule has 0 aliphatic carbocycles. The number of ether oxygens (including phenoxy) is 1. The molecule has 38 valence electrons. The maximum absolute atomic E-state index is 9.93. The highest BCUT2D eigenvalue weighted by Gasteiger charge is 2.43. The first-order valence-corrected chi connectivity index (χ1v) is 1.86. The molecule has 1 atom stereocenters. The molecule has 0 aromatic carbocycles. The number of carbonyl (C=O) groups excluding carboxylic acids is 1. The molecule has 1 rings (SSSR count). The molecule has 1 unspecified atom stereocenters. The monoisotopic (exact) mass is 101 g/mol. The third-order valence-corrected chi connectivity index (χ3v) is 0.816. The van der Waals surface area contributed by atoms with Crippen LogP contribution in [0.4, 0.5) is 4.79 Å². The predicted octanol–water partition coefficient (Wildman–Crippen LogP) is -1.47. The third-order valence-electron chi connectivity index (χ3n) is 0.816. The largest absolute Gasteiger partial charge is 0.448 e. The Bertz CT molecular complexity index is 105. The van der Waals surface area contributed by atoms with E-state index in [1.807, 2.05) is 0 Å². The summed E-state index contributed by atoms with van der Waals surface area (Å²) in [6.45, 7) is -0.806. The number of rotatable bonds is 0. The molecule has 0 aromatic rings. The van der Waals surface area contributed by atoms with Gasteiger partial charge in [-0.2, -0.15) is 0 Å². The van der Waals surface area contributed by atoms with Gasteiger partial charge >= 0.3 is 6.85 Å². The molecule has 3 N–H and O–H groups in total. The number of aliphatic hydroxyl groups is 1. The van der Waals surface area contributed by atoms with E-state index >= 15 is 0 Å². The first-order chi connectivity index (χ1) is 3.22. The van der Waals surface area contributed by atoms with Gasteiger partial charge in [-0.25, -0.2) is 0 Å². The number of carbonyl (C=O) groups is 1. The molecule has 0 aromatic heterocycles. The predicted molar refractivity (Wildman–Crippen MR) is 22.4 cm³/mol. The Balaban J connectivity index is 2.43. The summed E-state index contributed by atoms with van der Waals surface area (Å²) in [5.41, 5.74) is 4.94. The summed E-state index contributed by atoms with van der Waals surface area (Å²) in [7, 11) is 0. The topological polar surface area (TPSA) is 72.6 Å². The van der Waals surface area contributed by atoms with Gasteiger partial charge in [-0.1, -0.05) is 0 Å². The van der Waals surface area contributed by atoms with Crippen molar-refractivity contribution in [2.75, 3.05) is 0 Å². The van der Waals surface area contributed by atoms with E-state index in [0.717, 1.165) is 0 Å². The number of cyclic esters (lactones) is 1. The quantitative estimate of drug-likeness (QED) is 0.365. The summed E-state index contributed by atoms with van der Waals surface area (Å²) in [5.74, 6) is -0.535. The van der Waals surface area contributed by atoms with Gasteiger partial charge in [-0.15, -0.1) is 0 Å². The first-order valence-electron chi connectivity index (χ1n) is 1.86. The van der Waals surface area contributed by atoms with Crippen molar-refractivity contribution in [3.8, 4) is 0 Å². The Hall–Kier alpha value is -0.545. The Labute approximate surface area is 40.4 Å². The lowest BCUT2D eigenvalue weighted by Gasteiger charge is -2.23. The van der Waals surface area contributed by atoms with Crippen LogP contribution in [0.3, 0.4) is 0 Å². The van der Waals surface area contributed by atoms with E-state index in [9.17, 15) is 4.79 Å². The Kier molecular flexibility index (Phi) is 0.798. The van der Waals surface area contributed by atoms with E-state index in [4.69, 9.17) is 10.8 Å². The van der Waals surface area contributed by atoms with Crippen molar-refractivity contribution in [3.63, 3.8) is 0 Å². The average Bonchev–Trinajstić information content (AvgIpc) is 1.68. The van der Waals surface area contributed by atoms with Gasteiger partial charge in [0.15, 0.2) is 6.19 Å². The minimum absolute atomic E-state index is 0.535. The fourth-order valence-electron chi connectivity index (χ4n) is 0.315. The van der Waals surface area contributed by atoms with Crippen LogP contribution in [0, 0.1) is 0 Å². The molecule has 0 bridgehead atoms. The van der Waals surface area contributed by atoms with Crippen LogP contribution in [0.1, 0.15) is 0 Å². The molecule has 1 saturated heterocycles. The van der Waals surface area contributed by atoms with Gasteiger partial charge in [0.2, 0.25) is 0 Å². The van der Waals surface area contributed by atoms with Gasteiger partial charge in [0, 0.05) is 0 Å². The lowest BCUT2D eigenvalue weighted by Crippen LogP contribution is -2.60. The molecular formula is C2H4BNO3. The summed E-state index contributed by atoms with van der Waals surface area (Å²) in [6.07, 6.45) is -1.06. The molecule has 1 fully saturated rings. The van der Waals surface area contributed by atoms with Crippen LogP contribution < -0.4 is 5.64 Å². The number of hydrogen-bond donors (Lipinski definition) is 2. The highest BCUT2D eigenvalue weighted by atomic mass is 16.7. The van der Waals surface area contributed by atoms with Crippen molar-refractivity contribution in [2.24, 2.45) is 5.64 Å². The fourth-order valence-corrected chi connectivity index (χ4v) is 0.315. The summed E-state index contributed by atoms with van der Waals surface area (Å²) >= 11 is 0. The average molecular weight is 101 g/mol. The normalized spacial score (nSPS) is 29.1. The number of hydrogen-bond acceptors (Lipinski definition) is 4. The van der Waals surface area contributed by atoms with E-state index in [0.29, 0.717) is 0 Å². The van der Waals surface area contributed by atoms with E-state index in [2.05, 4.69) is 4.74 Å². The summed E-state index contributed by atoms with van der Waals surface area (Å²) in [4.78, 5) is 9.93. The van der Waals surface area contributed by atoms with Crippen LogP contribution in [0.15, 0.2) is 0 Å². The van der Waals surface area contributed by atoms with Gasteiger partial charge < -0.3 is 15.5 Å². The van der Waals surface area contributed by atoms with Gasteiger partial charge in [-0.05, 0) is 0 Å². The minimum Gasteiger partial charge on any atom is -0.448 e. The summed E-state index contributed by atoms with van der Waals surface area (Å²) < 4.78 is 4.04. The van der Waals surface area contributed by atoms with Crippen molar-refractivity contribution in [3.05, 3.63) is 0 Å². The van der Waals surface area contributed by atoms with Crippen molar-refractivity contribution in [2.45, 2.75) is 6.19 Å². The fraction of sp³-hybridized carbons (Fsp3) is 0.500. The second-order valence-electron chi connectivity index (χ2n) is 1.35. The maximum Gasteiger partial charge on any atom is 0.431 e. The van der Waals surface area contributed by atoms with Crippen molar-refractivity contribution < 1.29 is 14.6 Å². The molecule has 1 aliphatic rings. The second kappa shape index (κ2) is 1.21. The molecule has 5 heteroatoms. The van der Waals surface area contributed by atoms with E-state index in [1.165, 1.54) is 0 Å². The molecule has 0 radical (unpaired) electrons. The zero-order valence-electron chi connectivity index (χ0n) is 3.50. The molecular weight excluding hydrogens is 96.8 g/mol. The highest BCUT2D eigenvalue weighted by molar-refractivity contribution is 6.90. The number of nitrogens with two attached hydrogens (primary N) is 1. The molecule has 4 nitrogen and oxygen atoms in total. The van der Waals surface area contributed by atoms with Crippen molar-refractivity contribution in [1.82, 2.24) is 0 Å². The lowest BCUT2D eigenvalue weighted by atomic mass is 9.59. The summed E-state index contributed by atoms with van der Waals surface area (Å²) in [6, 6.07) is 0. The van der Waals surface area contributed by atoms with Crippen LogP contribution >= 0.6 is 0 Å². The highest BCUT2D eigenvalue weighted by Crippen LogP contribution is 2.04. The Morgan fingerprint density at radius 2 is 2.57 bits per heavy atom. The lowest BCUT2D eigenvalue weighted by molar-refractivity contribution is -0.0117. The third kappa shape index (κ3) is 0.496. The second-order valence-corrected chi connectivity index (χ2v) is 1.35. The van der Waals surface area contributed by atoms with Gasteiger partial charge in [0.1, 0.15) is 0 Å². The number of aliphatic hydroxyl groups excluding tert-OH is 1.